The Morgan fingerprint density at radius 3 is 1.82 bits per heavy atom. The van der Waals surface area contributed by atoms with E-state index in [4.69, 9.17) is 4.89 Å². The highest BCUT2D eigenvalue weighted by molar-refractivity contribution is 7.47. The minimum absolute atomic E-state index is 1.45. The summed E-state index contributed by atoms with van der Waals surface area (Å²) in [5.41, 5.74) is 0. The van der Waals surface area contributed by atoms with Gasteiger partial charge in [0.05, 0.1) is 21.2 Å². The second-order valence-corrected chi connectivity index (χ2v) is 2.21. The lowest BCUT2D eigenvalue weighted by Crippen LogP contribution is -1.82. The number of halogens is 2. The highest BCUT2D eigenvalue weighted by atomic mass is 31.2. The van der Waals surface area contributed by atoms with E-state index in [1.807, 2.05) is 10.6 Å². The fraction of sp³-hybridized carbons (Fsp3) is 0. The van der Waals surface area contributed by atoms with Crippen molar-refractivity contribution in [3.63, 3.8) is 0 Å². The predicted octanol–water partition coefficient (Wildman–Crippen LogP) is 1.62. The van der Waals surface area contributed by atoms with Crippen molar-refractivity contribution in [2.75, 3.05) is 0 Å². The van der Waals surface area contributed by atoms with Crippen LogP contribution in [-0.2, 0) is 13.8 Å². The number of nitrogens with zero attached hydrogens (tertiary/aromatic N) is 4. The Morgan fingerprint density at radius 2 is 1.55 bits per heavy atom. The molecule has 8 nitrogen and oxygen atoms in total. The van der Waals surface area contributed by atoms with Crippen molar-refractivity contribution in [2.45, 2.75) is 0 Å². The first-order valence-corrected chi connectivity index (χ1v) is 3.35. The number of hydrogen-bond donors (Lipinski definition) is 1. The molecule has 0 fully saturated rings. The quantitative estimate of drug-likeness (QED) is 0.412. The molecular weight excluding hydrogens is 189 g/mol. The summed E-state index contributed by atoms with van der Waals surface area (Å²) in [5.74, 6) is 0. The molecule has 11 heavy (non-hydrogen) atoms. The molecule has 1 N–H and O–H groups in total. The van der Waals surface area contributed by atoms with Gasteiger partial charge in [0.25, 0.3) is 0 Å². The molecule has 0 radical (unpaired) electrons. The summed E-state index contributed by atoms with van der Waals surface area (Å²) in [6.45, 7) is 0. The van der Waals surface area contributed by atoms with Crippen molar-refractivity contribution >= 4 is 7.82 Å². The van der Waals surface area contributed by atoms with E-state index in [1.54, 1.807) is 0 Å². The molecule has 0 aromatic carbocycles. The molecule has 0 aromatic heterocycles. The van der Waals surface area contributed by atoms with Crippen LogP contribution in [0.3, 0.4) is 0 Å². The normalized spacial score (nSPS) is 17.0. The molecule has 0 aliphatic heterocycles. The monoisotopic (exact) mass is 190 g/mol. The van der Waals surface area contributed by atoms with E-state index in [1.165, 1.54) is 10.7 Å². The molecule has 0 amide bonds. The average Bonchev–Trinajstić information content (AvgIpc) is 1.97. The predicted molar refractivity (Wildman–Crippen MR) is 23.9 cm³/mol. The Hall–Kier alpha value is -1.15. The summed E-state index contributed by atoms with van der Waals surface area (Å²) < 4.78 is 38.4. The Bertz CT molecular complexity index is 184. The van der Waals surface area contributed by atoms with Gasteiger partial charge in [0, 0.05) is 0 Å². The first-order valence-electron chi connectivity index (χ1n) is 1.85. The molecule has 0 aliphatic rings. The third-order valence-corrected chi connectivity index (χ3v) is 0.900. The highest BCUT2D eigenvalue weighted by Gasteiger charge is 2.25. The van der Waals surface area contributed by atoms with Crippen LogP contribution in [0.4, 0.5) is 8.96 Å². The molecule has 0 aromatic rings. The standard InChI is InChI=1S/F2HN4O4P/c1-3-5-9-11(7,8)10-6-4-2/h(H,7,8). The van der Waals surface area contributed by atoms with Crippen LogP contribution < -0.4 is 0 Å². The van der Waals surface area contributed by atoms with Gasteiger partial charge in [0.2, 0.25) is 0 Å². The van der Waals surface area contributed by atoms with Crippen molar-refractivity contribution in [1.29, 1.82) is 0 Å². The minimum Gasteiger partial charge on any atom is -0.280 e. The molecule has 64 valence electrons. The van der Waals surface area contributed by atoms with Crippen LogP contribution in [0.15, 0.2) is 21.2 Å². The maximum Gasteiger partial charge on any atom is 0.629 e. The molecule has 0 heterocycles. The van der Waals surface area contributed by atoms with Gasteiger partial charge in [0.15, 0.2) is 0 Å². The molecule has 11 heteroatoms. The maximum atomic E-state index is 10.8. The molecule has 0 aliphatic carbocycles. The molecule has 0 saturated carbocycles. The van der Waals surface area contributed by atoms with Gasteiger partial charge in [0.1, 0.15) is 0 Å². The van der Waals surface area contributed by atoms with Gasteiger partial charge in [-0.15, -0.1) is 0 Å². The van der Waals surface area contributed by atoms with Crippen LogP contribution in [-0.4, -0.2) is 4.89 Å². The third kappa shape index (κ3) is 5.30. The van der Waals surface area contributed by atoms with Gasteiger partial charge >= 0.3 is 7.82 Å². The third-order valence-electron chi connectivity index (χ3n) is 0.341. The maximum absolute atomic E-state index is 10.8. The van der Waals surface area contributed by atoms with E-state index < -0.39 is 7.82 Å². The summed E-state index contributed by atoms with van der Waals surface area (Å²) in [6, 6.07) is 0. The smallest absolute Gasteiger partial charge is 0.280 e. The van der Waals surface area contributed by atoms with Crippen LogP contribution >= 0.6 is 7.82 Å². The topological polar surface area (TPSA) is 105 Å². The molecular formula is HF2N4O4P. The van der Waals surface area contributed by atoms with Crippen molar-refractivity contribution in [3.8, 4) is 0 Å². The molecule has 0 unspecified atom stereocenters. The van der Waals surface area contributed by atoms with Crippen LogP contribution in [0.25, 0.3) is 0 Å². The van der Waals surface area contributed by atoms with E-state index in [9.17, 15) is 13.5 Å². The zero-order valence-electron chi connectivity index (χ0n) is 4.66. The molecule has 0 saturated heterocycles. The second-order valence-electron chi connectivity index (χ2n) is 0.946. The molecule has 0 bridgehead atoms. The van der Waals surface area contributed by atoms with Gasteiger partial charge in [-0.1, -0.05) is 8.96 Å². The van der Waals surface area contributed by atoms with Crippen molar-refractivity contribution in [2.24, 2.45) is 21.2 Å². The summed E-state index contributed by atoms with van der Waals surface area (Å²) in [7, 11) is -4.73. The SMILES string of the molecule is O=P(O)(ON=NF)ON=NF. The Labute approximate surface area is 57.9 Å². The largest absolute Gasteiger partial charge is 0.629 e. The van der Waals surface area contributed by atoms with E-state index in [2.05, 4.69) is 9.25 Å². The minimum atomic E-state index is -4.73. The van der Waals surface area contributed by atoms with Crippen molar-refractivity contribution in [3.05, 3.63) is 0 Å². The van der Waals surface area contributed by atoms with Crippen LogP contribution in [0, 0.1) is 0 Å². The lowest BCUT2D eigenvalue weighted by atomic mass is 13.0. The molecule has 0 atom stereocenters. The zero-order chi connectivity index (χ0) is 8.74. The molecule has 0 spiro atoms. The number of hydrogen-bond acceptors (Lipinski definition) is 7. The first-order chi connectivity index (χ1) is 5.12. The highest BCUT2D eigenvalue weighted by Crippen LogP contribution is 2.43. The van der Waals surface area contributed by atoms with Gasteiger partial charge < -0.3 is 0 Å². The summed E-state index contributed by atoms with van der Waals surface area (Å²) in [5, 5.41) is 6.89. The lowest BCUT2D eigenvalue weighted by molar-refractivity contribution is 0.121. The van der Waals surface area contributed by atoms with E-state index in [0.717, 1.165) is 0 Å². The van der Waals surface area contributed by atoms with Crippen LogP contribution in [0.2, 0.25) is 0 Å². The van der Waals surface area contributed by atoms with E-state index in [-0.39, 0.29) is 0 Å². The van der Waals surface area contributed by atoms with Gasteiger partial charge in [-0.3, -0.25) is 14.1 Å². The number of rotatable bonds is 4. The average molecular weight is 190 g/mol. The first kappa shape index (κ1) is 9.85. The Morgan fingerprint density at radius 1 is 1.18 bits per heavy atom. The lowest BCUT2D eigenvalue weighted by Gasteiger charge is -1.98. The fourth-order valence-corrected chi connectivity index (χ4v) is 0.404. The van der Waals surface area contributed by atoms with E-state index in [0.29, 0.717) is 0 Å². The summed E-state index contributed by atoms with van der Waals surface area (Å²) in [4.78, 5) is 8.25. The second kappa shape index (κ2) is 4.63. The zero-order valence-corrected chi connectivity index (χ0v) is 5.56. The van der Waals surface area contributed by atoms with Gasteiger partial charge in [-0.05, 0) is 0 Å². The Kier molecular flexibility index (Phi) is 4.15. The fourth-order valence-electron chi connectivity index (χ4n) is 0.135. The van der Waals surface area contributed by atoms with Crippen molar-refractivity contribution < 1.29 is 27.7 Å². The van der Waals surface area contributed by atoms with Gasteiger partial charge in [-0.2, -0.15) is 0 Å². The van der Waals surface area contributed by atoms with Crippen LogP contribution in [0.5, 0.6) is 0 Å². The summed E-state index contributed by atoms with van der Waals surface area (Å²) in [6.07, 6.45) is 0. The van der Waals surface area contributed by atoms with Crippen molar-refractivity contribution in [1.82, 2.24) is 0 Å². The van der Waals surface area contributed by atoms with Gasteiger partial charge in [-0.25, -0.2) is 4.57 Å². The van der Waals surface area contributed by atoms with Crippen LogP contribution in [0.1, 0.15) is 0 Å². The molecule has 0 rings (SSSR count). The van der Waals surface area contributed by atoms with E-state index >= 15 is 0 Å². The Balaban J connectivity index is 3.90. The summed E-state index contributed by atoms with van der Waals surface area (Å²) >= 11 is 0. The number of phosphoric acid groups is 1.